The number of amides is 1. The van der Waals surface area contributed by atoms with Crippen molar-refractivity contribution in [3.8, 4) is 11.5 Å². The first-order chi connectivity index (χ1) is 16.9. The van der Waals surface area contributed by atoms with Crippen LogP contribution >= 0.6 is 0 Å². The van der Waals surface area contributed by atoms with Crippen molar-refractivity contribution in [1.29, 1.82) is 0 Å². The minimum atomic E-state index is -0.788. The lowest BCUT2D eigenvalue weighted by Crippen LogP contribution is -2.45. The van der Waals surface area contributed by atoms with Crippen LogP contribution in [0.5, 0.6) is 11.5 Å². The highest BCUT2D eigenvalue weighted by Crippen LogP contribution is 2.31. The molecule has 4 N–H and O–H groups in total. The van der Waals surface area contributed by atoms with Crippen LogP contribution in [0.25, 0.3) is 0 Å². The number of aliphatic hydroxyl groups is 1. The Hall–Kier alpha value is -1.83. The van der Waals surface area contributed by atoms with Crippen LogP contribution in [0.1, 0.15) is 72.8 Å². The van der Waals surface area contributed by atoms with Gasteiger partial charge in [-0.1, -0.05) is 47.6 Å². The molecule has 4 atom stereocenters. The molecule has 1 aromatic rings. The quantitative estimate of drug-likeness (QED) is 0.266. The van der Waals surface area contributed by atoms with Crippen LogP contribution in [-0.4, -0.2) is 57.1 Å². The van der Waals surface area contributed by atoms with Gasteiger partial charge in [-0.3, -0.25) is 4.79 Å². The summed E-state index contributed by atoms with van der Waals surface area (Å²) in [6, 6.07) is 5.59. The summed E-state index contributed by atoms with van der Waals surface area (Å²) >= 11 is 0. The first kappa shape index (κ1) is 32.2. The average Bonchev–Trinajstić information content (AvgIpc) is 2.78. The van der Waals surface area contributed by atoms with E-state index in [1.165, 1.54) is 0 Å². The van der Waals surface area contributed by atoms with E-state index < -0.39 is 12.1 Å². The highest BCUT2D eigenvalue weighted by Gasteiger charge is 2.24. The van der Waals surface area contributed by atoms with Crippen LogP contribution in [0.15, 0.2) is 18.2 Å². The minimum Gasteiger partial charge on any atom is -0.493 e. The first-order valence-electron chi connectivity index (χ1n) is 13.3. The number of aliphatic hydroxyl groups excluding tert-OH is 1. The molecule has 7 heteroatoms. The fourth-order valence-electron chi connectivity index (χ4n) is 4.62. The molecule has 208 valence electrons. The van der Waals surface area contributed by atoms with Crippen LogP contribution < -0.4 is 20.5 Å². The zero-order valence-corrected chi connectivity index (χ0v) is 23.9. The summed E-state index contributed by atoms with van der Waals surface area (Å²) in [5.74, 6) is 2.34. The van der Waals surface area contributed by atoms with Crippen molar-refractivity contribution in [2.75, 3.05) is 34.0 Å². The van der Waals surface area contributed by atoms with Gasteiger partial charge < -0.3 is 30.4 Å². The number of carbonyl (C=O) groups is 1. The van der Waals surface area contributed by atoms with Crippen LogP contribution in [0.4, 0.5) is 0 Å². The molecule has 0 aromatic heterocycles. The summed E-state index contributed by atoms with van der Waals surface area (Å²) < 4.78 is 16.5. The molecule has 0 spiro atoms. The Morgan fingerprint density at radius 2 is 1.81 bits per heavy atom. The second-order valence-corrected chi connectivity index (χ2v) is 11.7. The topological polar surface area (TPSA) is 103 Å². The molecule has 1 aromatic carbocycles. The molecule has 0 fully saturated rings. The summed E-state index contributed by atoms with van der Waals surface area (Å²) in [5.41, 5.74) is 7.72. The minimum absolute atomic E-state index is 0.0327. The smallest absolute Gasteiger partial charge is 0.220 e. The van der Waals surface area contributed by atoms with Gasteiger partial charge in [-0.2, -0.15) is 0 Å². The molecule has 1 amide bonds. The molecule has 0 saturated carbocycles. The number of nitrogens with two attached hydrogens (primary N) is 1. The Labute approximate surface area is 219 Å². The summed E-state index contributed by atoms with van der Waals surface area (Å²) in [6.45, 7) is 14.4. The van der Waals surface area contributed by atoms with Gasteiger partial charge in [-0.25, -0.2) is 0 Å². The van der Waals surface area contributed by atoms with Crippen LogP contribution in [0.3, 0.4) is 0 Å². The van der Waals surface area contributed by atoms with Crippen molar-refractivity contribution < 1.29 is 24.1 Å². The van der Waals surface area contributed by atoms with E-state index in [2.05, 4.69) is 52.9 Å². The molecule has 0 bridgehead atoms. The number of hydrogen-bond acceptors (Lipinski definition) is 6. The fourth-order valence-corrected chi connectivity index (χ4v) is 4.62. The monoisotopic (exact) mass is 508 g/mol. The van der Waals surface area contributed by atoms with Crippen LogP contribution in [0, 0.1) is 23.2 Å². The summed E-state index contributed by atoms with van der Waals surface area (Å²) in [7, 11) is 3.32. The SMILES string of the molecule is COCCCOc1cc(C[C@@H](C[C@H](N)[C@@H](O)CNC(=O)CC(C)CC(C)(C)C)C(C)C)ccc1OC. The number of hydrogen-bond donors (Lipinski definition) is 3. The van der Waals surface area contributed by atoms with Gasteiger partial charge in [0.1, 0.15) is 0 Å². The van der Waals surface area contributed by atoms with E-state index >= 15 is 0 Å². The molecule has 0 radical (unpaired) electrons. The molecular weight excluding hydrogens is 456 g/mol. The van der Waals surface area contributed by atoms with E-state index in [-0.39, 0.29) is 23.8 Å². The van der Waals surface area contributed by atoms with Crippen molar-refractivity contribution in [3.63, 3.8) is 0 Å². The predicted octanol–water partition coefficient (Wildman–Crippen LogP) is 4.58. The normalized spacial score (nSPS) is 15.3. The van der Waals surface area contributed by atoms with Gasteiger partial charge >= 0.3 is 0 Å². The molecule has 1 unspecified atom stereocenters. The van der Waals surface area contributed by atoms with Crippen molar-refractivity contribution >= 4 is 5.91 Å². The third kappa shape index (κ3) is 12.9. The van der Waals surface area contributed by atoms with Crippen molar-refractivity contribution in [2.45, 2.75) is 85.8 Å². The highest BCUT2D eigenvalue weighted by atomic mass is 16.5. The summed E-state index contributed by atoms with van der Waals surface area (Å²) in [5, 5.41) is 13.5. The van der Waals surface area contributed by atoms with Crippen molar-refractivity contribution in [3.05, 3.63) is 23.8 Å². The largest absolute Gasteiger partial charge is 0.493 e. The van der Waals surface area contributed by atoms with E-state index in [9.17, 15) is 9.90 Å². The lowest BCUT2D eigenvalue weighted by molar-refractivity contribution is -0.122. The molecule has 0 heterocycles. The lowest BCUT2D eigenvalue weighted by Gasteiger charge is -2.28. The molecule has 7 nitrogen and oxygen atoms in total. The zero-order chi connectivity index (χ0) is 27.3. The first-order valence-corrected chi connectivity index (χ1v) is 13.3. The van der Waals surface area contributed by atoms with E-state index in [0.717, 1.165) is 30.6 Å². The third-order valence-electron chi connectivity index (χ3n) is 6.49. The van der Waals surface area contributed by atoms with Gasteiger partial charge in [0, 0.05) is 39.1 Å². The number of methoxy groups -OCH3 is 2. The van der Waals surface area contributed by atoms with E-state index in [1.807, 2.05) is 12.1 Å². The standard InChI is InChI=1S/C29H52N2O5/c1-20(2)23(15-22-10-11-26(35-8)27(16-22)36-13-9-12-34-7)17-24(30)25(32)19-31-28(33)14-21(3)18-29(4,5)6/h10-11,16,20-21,23-25,32H,9,12-15,17-19,30H2,1-8H3,(H,31,33)/t21?,23-,24-,25-/m0/s1. The summed E-state index contributed by atoms with van der Waals surface area (Å²) in [6.07, 6.45) is 2.92. The maximum absolute atomic E-state index is 12.3. The number of rotatable bonds is 17. The van der Waals surface area contributed by atoms with E-state index in [0.29, 0.717) is 43.6 Å². The van der Waals surface area contributed by atoms with E-state index in [1.54, 1.807) is 14.2 Å². The second kappa shape index (κ2) is 16.1. The van der Waals surface area contributed by atoms with Crippen molar-refractivity contribution in [1.82, 2.24) is 5.32 Å². The molecule has 1 rings (SSSR count). The summed E-state index contributed by atoms with van der Waals surface area (Å²) in [4.78, 5) is 12.3. The lowest BCUT2D eigenvalue weighted by atomic mass is 9.83. The maximum Gasteiger partial charge on any atom is 0.220 e. The van der Waals surface area contributed by atoms with Gasteiger partial charge in [0.15, 0.2) is 11.5 Å². The van der Waals surface area contributed by atoms with Crippen LogP contribution in [0.2, 0.25) is 0 Å². The van der Waals surface area contributed by atoms with Gasteiger partial charge in [-0.15, -0.1) is 0 Å². The average molecular weight is 509 g/mol. The zero-order valence-electron chi connectivity index (χ0n) is 23.9. The number of ether oxygens (including phenoxy) is 3. The Kier molecular flexibility index (Phi) is 14.4. The Morgan fingerprint density at radius 3 is 2.39 bits per heavy atom. The van der Waals surface area contributed by atoms with Gasteiger partial charge in [0.05, 0.1) is 19.8 Å². The predicted molar refractivity (Wildman–Crippen MR) is 146 cm³/mol. The second-order valence-electron chi connectivity index (χ2n) is 11.7. The Bertz CT molecular complexity index is 763. The van der Waals surface area contributed by atoms with Gasteiger partial charge in [-0.05, 0) is 60.1 Å². The molecule has 36 heavy (non-hydrogen) atoms. The number of nitrogens with one attached hydrogen (secondary N) is 1. The van der Waals surface area contributed by atoms with Gasteiger partial charge in [0.25, 0.3) is 0 Å². The van der Waals surface area contributed by atoms with Crippen LogP contribution in [-0.2, 0) is 16.0 Å². The van der Waals surface area contributed by atoms with Crippen molar-refractivity contribution in [2.24, 2.45) is 28.9 Å². The highest BCUT2D eigenvalue weighted by molar-refractivity contribution is 5.76. The molecule has 0 aliphatic rings. The molecule has 0 aliphatic heterocycles. The Morgan fingerprint density at radius 1 is 1.11 bits per heavy atom. The maximum atomic E-state index is 12.3. The van der Waals surface area contributed by atoms with Gasteiger partial charge in [0.2, 0.25) is 5.91 Å². The fraction of sp³-hybridized carbons (Fsp3) is 0.759. The molecular formula is C29H52N2O5. The number of carbonyl (C=O) groups excluding carboxylic acids is 1. The number of benzene rings is 1. The third-order valence-corrected chi connectivity index (χ3v) is 6.49. The molecule has 0 aliphatic carbocycles. The Balaban J connectivity index is 2.67. The van der Waals surface area contributed by atoms with E-state index in [4.69, 9.17) is 19.9 Å². The molecule has 0 saturated heterocycles.